The van der Waals surface area contributed by atoms with E-state index in [2.05, 4.69) is 10.6 Å². The summed E-state index contributed by atoms with van der Waals surface area (Å²) >= 11 is 0. The Labute approximate surface area is 223 Å². The first kappa shape index (κ1) is 26.9. The van der Waals surface area contributed by atoms with Gasteiger partial charge in [-0.3, -0.25) is 9.59 Å². The number of hydrogen-bond donors (Lipinski definition) is 2. The fraction of sp³-hybridized carbons (Fsp3) is 0.323. The van der Waals surface area contributed by atoms with E-state index in [1.54, 1.807) is 12.1 Å². The fourth-order valence-corrected chi connectivity index (χ4v) is 4.65. The summed E-state index contributed by atoms with van der Waals surface area (Å²) in [7, 11) is 1.35. The fourth-order valence-electron chi connectivity index (χ4n) is 4.65. The van der Waals surface area contributed by atoms with E-state index in [0.717, 1.165) is 36.0 Å². The van der Waals surface area contributed by atoms with Crippen molar-refractivity contribution in [3.63, 3.8) is 0 Å². The Morgan fingerprint density at radius 3 is 2.50 bits per heavy atom. The third-order valence-electron chi connectivity index (χ3n) is 6.38. The highest BCUT2D eigenvalue weighted by Gasteiger charge is 2.21. The maximum absolute atomic E-state index is 13.4. The summed E-state index contributed by atoms with van der Waals surface area (Å²) in [5.74, 6) is -0.603. The largest absolute Gasteiger partial charge is 0.469 e. The Kier molecular flexibility index (Phi) is 8.15. The van der Waals surface area contributed by atoms with E-state index in [-0.39, 0.29) is 18.3 Å². The molecule has 7 nitrogen and oxygen atoms in total. The van der Waals surface area contributed by atoms with Gasteiger partial charge in [0.15, 0.2) is 0 Å². The van der Waals surface area contributed by atoms with Gasteiger partial charge in [0, 0.05) is 17.8 Å². The normalized spacial score (nSPS) is 12.4. The number of hydrogen-bond acceptors (Lipinski definition) is 5. The zero-order valence-electron chi connectivity index (χ0n) is 22.4. The average molecular weight is 515 g/mol. The van der Waals surface area contributed by atoms with Gasteiger partial charge in [-0.25, -0.2) is 4.79 Å². The van der Waals surface area contributed by atoms with Crippen LogP contribution in [0.3, 0.4) is 0 Å². The maximum Gasteiger partial charge on any atom is 0.407 e. The molecule has 0 aliphatic heterocycles. The second-order valence-electron chi connectivity index (χ2n) is 10.4. The third-order valence-corrected chi connectivity index (χ3v) is 6.38. The summed E-state index contributed by atoms with van der Waals surface area (Å²) in [6.07, 6.45) is 2.52. The molecule has 38 heavy (non-hydrogen) atoms. The van der Waals surface area contributed by atoms with E-state index in [0.29, 0.717) is 23.4 Å². The molecule has 0 saturated carbocycles. The van der Waals surface area contributed by atoms with Crippen molar-refractivity contribution in [1.82, 2.24) is 5.32 Å². The number of nitrogens with one attached hydrogen (secondary N) is 2. The smallest absolute Gasteiger partial charge is 0.407 e. The molecule has 3 aromatic carbocycles. The molecule has 0 fully saturated rings. The molecule has 0 atom stereocenters. The first-order chi connectivity index (χ1) is 18.1. The van der Waals surface area contributed by atoms with Crippen molar-refractivity contribution in [2.45, 2.75) is 58.6 Å². The maximum atomic E-state index is 13.4. The molecule has 0 heterocycles. The lowest BCUT2D eigenvalue weighted by Crippen LogP contribution is -2.32. The molecule has 0 aromatic heterocycles. The number of rotatable bonds is 7. The average Bonchev–Trinajstić information content (AvgIpc) is 3.36. The van der Waals surface area contributed by atoms with Gasteiger partial charge in [0.2, 0.25) is 0 Å². The van der Waals surface area contributed by atoms with Crippen LogP contribution in [0.25, 0.3) is 11.1 Å². The van der Waals surface area contributed by atoms with Gasteiger partial charge in [-0.15, -0.1) is 0 Å². The standard InChI is InChI=1S/C31H34N2O5/c1-31(2,3)38-30(36)32-19-20-9-7-11-21(15-20)26-17-24(16-22-12-8-13-25(22)26)29(35)33-27-14-6-5-10-23(27)18-28(34)37-4/h5-7,9-11,14-17H,8,12-13,18-19H2,1-4H3,(H,32,36)(H,33,35). The van der Waals surface area contributed by atoms with Crippen molar-refractivity contribution < 1.29 is 23.9 Å². The number of alkyl carbamates (subject to hydrolysis) is 1. The molecule has 0 radical (unpaired) electrons. The number of methoxy groups -OCH3 is 1. The first-order valence-corrected chi connectivity index (χ1v) is 12.8. The number of fused-ring (bicyclic) bond motifs is 1. The van der Waals surface area contributed by atoms with Crippen LogP contribution in [-0.2, 0) is 40.1 Å². The number of benzene rings is 3. The quantitative estimate of drug-likeness (QED) is 0.387. The molecule has 0 unspecified atom stereocenters. The van der Waals surface area contributed by atoms with Gasteiger partial charge in [0.25, 0.3) is 5.91 Å². The minimum absolute atomic E-state index is 0.0759. The van der Waals surface area contributed by atoms with Crippen molar-refractivity contribution in [1.29, 1.82) is 0 Å². The molecule has 4 rings (SSSR count). The summed E-state index contributed by atoms with van der Waals surface area (Å²) in [6, 6.07) is 19.1. The Morgan fingerprint density at radius 1 is 0.947 bits per heavy atom. The SMILES string of the molecule is COC(=O)Cc1ccccc1NC(=O)c1cc2c(c(-c3cccc(CNC(=O)OC(C)(C)C)c3)c1)CCC2. The van der Waals surface area contributed by atoms with E-state index in [9.17, 15) is 14.4 Å². The van der Waals surface area contributed by atoms with Gasteiger partial charge >= 0.3 is 12.1 Å². The number of carbonyl (C=O) groups is 3. The first-order valence-electron chi connectivity index (χ1n) is 12.8. The molecule has 3 aromatic rings. The minimum atomic E-state index is -0.562. The van der Waals surface area contributed by atoms with Crippen LogP contribution in [-0.4, -0.2) is 30.7 Å². The third kappa shape index (κ3) is 6.79. The van der Waals surface area contributed by atoms with Gasteiger partial charge in [-0.2, -0.15) is 0 Å². The molecule has 0 spiro atoms. The van der Waals surface area contributed by atoms with Crippen molar-refractivity contribution in [2.75, 3.05) is 12.4 Å². The lowest BCUT2D eigenvalue weighted by atomic mass is 9.93. The number of esters is 1. The Hall–Kier alpha value is -4.13. The molecule has 2 N–H and O–H groups in total. The van der Waals surface area contributed by atoms with Crippen LogP contribution in [0.15, 0.2) is 60.7 Å². The molecule has 1 aliphatic rings. The van der Waals surface area contributed by atoms with Crippen LogP contribution in [0.5, 0.6) is 0 Å². The summed E-state index contributed by atoms with van der Waals surface area (Å²) < 4.78 is 10.1. The predicted molar refractivity (Wildman–Crippen MR) is 147 cm³/mol. The summed E-state index contributed by atoms with van der Waals surface area (Å²) in [6.45, 7) is 5.82. The van der Waals surface area contributed by atoms with Gasteiger partial charge in [-0.1, -0.05) is 36.4 Å². The number of aryl methyl sites for hydroxylation is 1. The Balaban J connectivity index is 1.58. The molecular formula is C31H34N2O5. The van der Waals surface area contributed by atoms with Crippen molar-refractivity contribution in [3.8, 4) is 11.1 Å². The van der Waals surface area contributed by atoms with Crippen LogP contribution in [0.4, 0.5) is 10.5 Å². The van der Waals surface area contributed by atoms with Crippen LogP contribution in [0, 0.1) is 0 Å². The van der Waals surface area contributed by atoms with Gasteiger partial charge in [0.1, 0.15) is 5.60 Å². The molecule has 0 bridgehead atoms. The number of amides is 2. The van der Waals surface area contributed by atoms with Crippen LogP contribution in [0.2, 0.25) is 0 Å². The molecule has 1 aliphatic carbocycles. The van der Waals surface area contributed by atoms with E-state index in [1.165, 1.54) is 18.2 Å². The van der Waals surface area contributed by atoms with Crippen molar-refractivity contribution in [3.05, 3.63) is 88.5 Å². The predicted octanol–water partition coefficient (Wildman–Crippen LogP) is 5.83. The van der Waals surface area contributed by atoms with Crippen molar-refractivity contribution >= 4 is 23.7 Å². The van der Waals surface area contributed by atoms with E-state index in [1.807, 2.05) is 69.3 Å². The molecular weight excluding hydrogens is 480 g/mol. The van der Waals surface area contributed by atoms with Gasteiger partial charge in [0.05, 0.1) is 13.5 Å². The zero-order valence-corrected chi connectivity index (χ0v) is 22.4. The van der Waals surface area contributed by atoms with E-state index >= 15 is 0 Å². The lowest BCUT2D eigenvalue weighted by molar-refractivity contribution is -0.139. The molecule has 7 heteroatoms. The topological polar surface area (TPSA) is 93.7 Å². The molecule has 0 saturated heterocycles. The second-order valence-corrected chi connectivity index (χ2v) is 10.4. The number of anilines is 1. The van der Waals surface area contributed by atoms with Gasteiger partial charge < -0.3 is 20.1 Å². The highest BCUT2D eigenvalue weighted by Crippen LogP contribution is 2.34. The summed E-state index contributed by atoms with van der Waals surface area (Å²) in [5.41, 5.74) is 6.65. The van der Waals surface area contributed by atoms with E-state index < -0.39 is 11.7 Å². The van der Waals surface area contributed by atoms with Crippen LogP contribution in [0.1, 0.15) is 59.8 Å². The number of carbonyl (C=O) groups excluding carboxylic acids is 3. The van der Waals surface area contributed by atoms with Crippen LogP contribution >= 0.6 is 0 Å². The zero-order chi connectivity index (χ0) is 27.3. The monoisotopic (exact) mass is 514 g/mol. The highest BCUT2D eigenvalue weighted by molar-refractivity contribution is 6.06. The lowest BCUT2D eigenvalue weighted by Gasteiger charge is -2.19. The van der Waals surface area contributed by atoms with Crippen LogP contribution < -0.4 is 10.6 Å². The highest BCUT2D eigenvalue weighted by atomic mass is 16.6. The Bertz CT molecular complexity index is 1360. The summed E-state index contributed by atoms with van der Waals surface area (Å²) in [4.78, 5) is 37.3. The number of para-hydroxylation sites is 1. The number of ether oxygens (including phenoxy) is 2. The van der Waals surface area contributed by atoms with Gasteiger partial charge in [-0.05, 0) is 97.7 Å². The minimum Gasteiger partial charge on any atom is -0.469 e. The molecule has 198 valence electrons. The Morgan fingerprint density at radius 2 is 1.74 bits per heavy atom. The second kappa shape index (κ2) is 11.5. The van der Waals surface area contributed by atoms with Crippen molar-refractivity contribution in [2.24, 2.45) is 0 Å². The van der Waals surface area contributed by atoms with E-state index in [4.69, 9.17) is 9.47 Å². The molecule has 2 amide bonds. The summed E-state index contributed by atoms with van der Waals surface area (Å²) in [5, 5.41) is 5.79.